The van der Waals surface area contributed by atoms with Gasteiger partial charge < -0.3 is 20.8 Å². The van der Waals surface area contributed by atoms with Crippen molar-refractivity contribution < 1.29 is 15.0 Å². The van der Waals surface area contributed by atoms with Crippen LogP contribution in [0.5, 0.6) is 11.5 Å². The van der Waals surface area contributed by atoms with Crippen molar-refractivity contribution in [2.24, 2.45) is 0 Å². The van der Waals surface area contributed by atoms with Gasteiger partial charge in [0.15, 0.2) is 0 Å². The Kier molecular flexibility index (Phi) is 3.17. The van der Waals surface area contributed by atoms with Crippen LogP contribution in [0.4, 0.5) is 11.4 Å². The maximum Gasteiger partial charge on any atom is 0.265 e. The molecule has 5 heteroatoms. The third-order valence-corrected chi connectivity index (χ3v) is 3.77. The van der Waals surface area contributed by atoms with Crippen molar-refractivity contribution in [1.82, 2.24) is 0 Å². The molecule has 2 aromatic carbocycles. The third kappa shape index (κ3) is 2.16. The molecule has 1 heterocycles. The number of nitrogen functional groups attached to an aromatic ring is 1. The van der Waals surface area contributed by atoms with E-state index < -0.39 is 5.91 Å². The molecule has 0 aromatic heterocycles. The predicted molar refractivity (Wildman–Crippen MR) is 80.6 cm³/mol. The molecule has 0 bridgehead atoms. The van der Waals surface area contributed by atoms with E-state index in [2.05, 4.69) is 0 Å². The van der Waals surface area contributed by atoms with Crippen LogP contribution in [0.1, 0.15) is 22.3 Å². The van der Waals surface area contributed by atoms with Gasteiger partial charge in [-0.2, -0.15) is 0 Å². The van der Waals surface area contributed by atoms with Gasteiger partial charge in [-0.05, 0) is 42.7 Å². The minimum atomic E-state index is -0.419. The fraction of sp³-hybridized carbons (Fsp3) is 0.188. The first-order valence-corrected chi connectivity index (χ1v) is 6.80. The quantitative estimate of drug-likeness (QED) is 0.701. The lowest BCUT2D eigenvalue weighted by atomic mass is 9.98. The summed E-state index contributed by atoms with van der Waals surface area (Å²) in [5.74, 6) is -0.871. The number of benzene rings is 2. The van der Waals surface area contributed by atoms with Crippen LogP contribution in [0.25, 0.3) is 0 Å². The second-order valence-corrected chi connectivity index (χ2v) is 5.08. The highest BCUT2D eigenvalue weighted by Gasteiger charge is 2.28. The molecule has 1 aliphatic rings. The second kappa shape index (κ2) is 5.01. The van der Waals surface area contributed by atoms with Crippen LogP contribution < -0.4 is 10.6 Å². The molecule has 108 valence electrons. The van der Waals surface area contributed by atoms with E-state index in [1.165, 1.54) is 18.2 Å². The molecule has 0 saturated heterocycles. The zero-order valence-corrected chi connectivity index (χ0v) is 11.4. The van der Waals surface area contributed by atoms with E-state index in [-0.39, 0.29) is 17.1 Å². The highest BCUT2D eigenvalue weighted by atomic mass is 16.3. The Balaban J connectivity index is 2.07. The second-order valence-electron chi connectivity index (χ2n) is 5.08. The van der Waals surface area contributed by atoms with Gasteiger partial charge in [0.25, 0.3) is 5.91 Å². The predicted octanol–water partition coefficient (Wildman–Crippen LogP) is 2.27. The van der Waals surface area contributed by atoms with Gasteiger partial charge in [0.05, 0.1) is 0 Å². The molecule has 2 aromatic rings. The third-order valence-electron chi connectivity index (χ3n) is 3.77. The molecule has 0 saturated carbocycles. The molecule has 1 aliphatic heterocycles. The minimum absolute atomic E-state index is 0.0761. The molecule has 21 heavy (non-hydrogen) atoms. The standard InChI is InChI=1S/C16H16N2O3/c17-11-5-1-6-12-10(11)4-3-9-18(12)16(21)15-13(19)7-2-8-14(15)20/h1-2,5-8,19-20H,3-4,9,17H2. The summed E-state index contributed by atoms with van der Waals surface area (Å²) in [7, 11) is 0. The van der Waals surface area contributed by atoms with E-state index in [0.717, 1.165) is 24.1 Å². The first kappa shape index (κ1) is 13.3. The van der Waals surface area contributed by atoms with Crippen molar-refractivity contribution in [2.75, 3.05) is 17.2 Å². The fourth-order valence-electron chi connectivity index (χ4n) is 2.74. The van der Waals surface area contributed by atoms with E-state index in [9.17, 15) is 15.0 Å². The van der Waals surface area contributed by atoms with E-state index >= 15 is 0 Å². The number of nitrogens with two attached hydrogens (primary N) is 1. The van der Waals surface area contributed by atoms with Gasteiger partial charge in [-0.3, -0.25) is 4.79 Å². The van der Waals surface area contributed by atoms with E-state index in [1.54, 1.807) is 11.0 Å². The van der Waals surface area contributed by atoms with Gasteiger partial charge in [-0.15, -0.1) is 0 Å². The van der Waals surface area contributed by atoms with Gasteiger partial charge in [-0.25, -0.2) is 0 Å². The lowest BCUT2D eigenvalue weighted by Gasteiger charge is -2.30. The number of fused-ring (bicyclic) bond motifs is 1. The smallest absolute Gasteiger partial charge is 0.265 e. The number of carbonyl (C=O) groups excluding carboxylic acids is 1. The molecule has 5 nitrogen and oxygen atoms in total. The SMILES string of the molecule is Nc1cccc2c1CCCN2C(=O)c1c(O)cccc1O. The minimum Gasteiger partial charge on any atom is -0.507 e. The number of phenolic OH excluding ortho intramolecular Hbond substituents is 2. The number of aromatic hydroxyl groups is 2. The van der Waals surface area contributed by atoms with Crippen LogP contribution >= 0.6 is 0 Å². The van der Waals surface area contributed by atoms with Crippen LogP contribution in [0.3, 0.4) is 0 Å². The Labute approximate surface area is 122 Å². The van der Waals surface area contributed by atoms with Crippen LogP contribution in [0.2, 0.25) is 0 Å². The van der Waals surface area contributed by atoms with Gasteiger partial charge in [-0.1, -0.05) is 12.1 Å². The Morgan fingerprint density at radius 1 is 1.10 bits per heavy atom. The van der Waals surface area contributed by atoms with Gasteiger partial charge in [0.2, 0.25) is 0 Å². The highest BCUT2D eigenvalue weighted by Crippen LogP contribution is 2.35. The molecule has 0 unspecified atom stereocenters. The summed E-state index contributed by atoms with van der Waals surface area (Å²) in [4.78, 5) is 14.2. The van der Waals surface area contributed by atoms with Gasteiger partial charge in [0.1, 0.15) is 17.1 Å². The van der Waals surface area contributed by atoms with Crippen molar-refractivity contribution >= 4 is 17.3 Å². The Bertz CT molecular complexity index is 692. The molecular weight excluding hydrogens is 268 g/mol. The zero-order valence-electron chi connectivity index (χ0n) is 11.4. The summed E-state index contributed by atoms with van der Waals surface area (Å²) in [6.45, 7) is 0.531. The van der Waals surface area contributed by atoms with Crippen molar-refractivity contribution in [3.8, 4) is 11.5 Å². The Morgan fingerprint density at radius 2 is 1.76 bits per heavy atom. The lowest BCUT2D eigenvalue weighted by Crippen LogP contribution is -2.35. The van der Waals surface area contributed by atoms with Crippen LogP contribution in [-0.4, -0.2) is 22.7 Å². The molecule has 0 spiro atoms. The average molecular weight is 284 g/mol. The zero-order chi connectivity index (χ0) is 15.0. The first-order chi connectivity index (χ1) is 10.1. The lowest BCUT2D eigenvalue weighted by molar-refractivity contribution is 0.0980. The average Bonchev–Trinajstić information content (AvgIpc) is 2.47. The van der Waals surface area contributed by atoms with Crippen LogP contribution in [-0.2, 0) is 6.42 Å². The maximum atomic E-state index is 12.7. The van der Waals surface area contributed by atoms with Crippen molar-refractivity contribution in [3.63, 3.8) is 0 Å². The molecule has 0 fully saturated rings. The monoisotopic (exact) mass is 284 g/mol. The number of hydrogen-bond acceptors (Lipinski definition) is 4. The van der Waals surface area contributed by atoms with Gasteiger partial charge in [0, 0.05) is 17.9 Å². The van der Waals surface area contributed by atoms with Crippen molar-refractivity contribution in [3.05, 3.63) is 47.5 Å². The number of nitrogens with zero attached hydrogens (tertiary/aromatic N) is 1. The fourth-order valence-corrected chi connectivity index (χ4v) is 2.74. The van der Waals surface area contributed by atoms with Crippen LogP contribution in [0.15, 0.2) is 36.4 Å². The maximum absolute atomic E-state index is 12.7. The van der Waals surface area contributed by atoms with Crippen molar-refractivity contribution in [1.29, 1.82) is 0 Å². The van der Waals surface area contributed by atoms with Gasteiger partial charge >= 0.3 is 0 Å². The number of rotatable bonds is 1. The summed E-state index contributed by atoms with van der Waals surface area (Å²) in [6.07, 6.45) is 1.61. The summed E-state index contributed by atoms with van der Waals surface area (Å²) in [5.41, 5.74) is 8.23. The van der Waals surface area contributed by atoms with E-state index in [4.69, 9.17) is 5.73 Å². The Hall–Kier alpha value is -2.69. The number of carbonyl (C=O) groups is 1. The molecule has 0 atom stereocenters. The van der Waals surface area contributed by atoms with Crippen LogP contribution in [0, 0.1) is 0 Å². The highest BCUT2D eigenvalue weighted by molar-refractivity contribution is 6.10. The number of hydrogen-bond donors (Lipinski definition) is 3. The Morgan fingerprint density at radius 3 is 2.48 bits per heavy atom. The largest absolute Gasteiger partial charge is 0.507 e. The number of amides is 1. The summed E-state index contributed by atoms with van der Waals surface area (Å²) < 4.78 is 0. The van der Waals surface area contributed by atoms with E-state index in [1.807, 2.05) is 12.1 Å². The topological polar surface area (TPSA) is 86.8 Å². The molecule has 1 amide bonds. The molecule has 0 radical (unpaired) electrons. The molecule has 4 N–H and O–H groups in total. The molecule has 3 rings (SSSR count). The van der Waals surface area contributed by atoms with Crippen molar-refractivity contribution in [2.45, 2.75) is 12.8 Å². The summed E-state index contributed by atoms with van der Waals surface area (Å²) in [5, 5.41) is 19.7. The number of phenols is 2. The summed E-state index contributed by atoms with van der Waals surface area (Å²) >= 11 is 0. The molecular formula is C16H16N2O3. The molecule has 0 aliphatic carbocycles. The normalized spacial score (nSPS) is 13.8. The first-order valence-electron chi connectivity index (χ1n) is 6.80. The van der Waals surface area contributed by atoms with E-state index in [0.29, 0.717) is 12.2 Å². The number of anilines is 2. The summed E-state index contributed by atoms with van der Waals surface area (Å²) in [6, 6.07) is 9.70.